The summed E-state index contributed by atoms with van der Waals surface area (Å²) < 4.78 is 69.3. The summed E-state index contributed by atoms with van der Waals surface area (Å²) in [6, 6.07) is 17.7. The average Bonchev–Trinajstić information content (AvgIpc) is 2.96. The van der Waals surface area contributed by atoms with Crippen LogP contribution in [-0.2, 0) is 32.2 Å². The van der Waals surface area contributed by atoms with E-state index in [0.29, 0.717) is 23.2 Å². The Morgan fingerprint density at radius 3 is 2.12 bits per heavy atom. The van der Waals surface area contributed by atoms with Gasteiger partial charge in [0.1, 0.15) is 12.6 Å². The Bertz CT molecular complexity index is 1470. The molecule has 0 unspecified atom stereocenters. The van der Waals surface area contributed by atoms with Gasteiger partial charge in [0.25, 0.3) is 10.0 Å². The van der Waals surface area contributed by atoms with Crippen molar-refractivity contribution in [3.05, 3.63) is 95.0 Å². The number of amides is 2. The molecule has 0 spiro atoms. The number of carbonyl (C=O) groups is 2. The molecule has 0 aromatic heterocycles. The van der Waals surface area contributed by atoms with Crippen molar-refractivity contribution in [2.75, 3.05) is 17.4 Å². The van der Waals surface area contributed by atoms with E-state index in [9.17, 15) is 31.2 Å². The third kappa shape index (κ3) is 8.25. The second kappa shape index (κ2) is 14.1. The highest BCUT2D eigenvalue weighted by molar-refractivity contribution is 7.92. The molecule has 2 atom stereocenters. The number of carbonyl (C=O) groups excluding carboxylic acids is 2. The van der Waals surface area contributed by atoms with Gasteiger partial charge in [-0.25, -0.2) is 8.42 Å². The Labute approximate surface area is 249 Å². The highest BCUT2D eigenvalue weighted by atomic mass is 35.5. The van der Waals surface area contributed by atoms with Crippen LogP contribution in [0.25, 0.3) is 0 Å². The van der Waals surface area contributed by atoms with Crippen LogP contribution in [0.1, 0.15) is 38.3 Å². The molecule has 0 bridgehead atoms. The molecule has 3 rings (SSSR count). The number of hydrogen-bond acceptors (Lipinski definition) is 4. The summed E-state index contributed by atoms with van der Waals surface area (Å²) in [5, 5.41) is 2.21. The number of nitrogens with zero attached hydrogens (tertiary/aromatic N) is 2. The van der Waals surface area contributed by atoms with E-state index in [1.54, 1.807) is 6.07 Å². The number of benzene rings is 3. The lowest BCUT2D eigenvalue weighted by molar-refractivity contribution is -0.139. The maximum atomic E-state index is 13.9. The first-order valence-corrected chi connectivity index (χ1v) is 15.2. The van der Waals surface area contributed by atoms with Gasteiger partial charge < -0.3 is 10.2 Å². The van der Waals surface area contributed by atoms with Crippen molar-refractivity contribution in [3.63, 3.8) is 0 Å². The molecule has 0 fully saturated rings. The van der Waals surface area contributed by atoms with Gasteiger partial charge in [-0.2, -0.15) is 13.2 Å². The van der Waals surface area contributed by atoms with Gasteiger partial charge >= 0.3 is 6.18 Å². The van der Waals surface area contributed by atoms with Gasteiger partial charge in [0.15, 0.2) is 0 Å². The molecule has 3 aromatic carbocycles. The molecular formula is C30H33ClF3N3O4S. The zero-order valence-corrected chi connectivity index (χ0v) is 25.0. The van der Waals surface area contributed by atoms with Crippen molar-refractivity contribution in [2.24, 2.45) is 0 Å². The van der Waals surface area contributed by atoms with Gasteiger partial charge in [-0.1, -0.05) is 67.1 Å². The predicted molar refractivity (Wildman–Crippen MR) is 157 cm³/mol. The molecule has 0 saturated heterocycles. The number of hydrogen-bond donors (Lipinski definition) is 1. The third-order valence-corrected chi connectivity index (χ3v) is 8.92. The van der Waals surface area contributed by atoms with E-state index in [1.807, 2.05) is 44.2 Å². The van der Waals surface area contributed by atoms with Gasteiger partial charge in [-0.05, 0) is 62.6 Å². The molecule has 7 nitrogen and oxygen atoms in total. The van der Waals surface area contributed by atoms with Crippen molar-refractivity contribution in [3.8, 4) is 0 Å². The Balaban J connectivity index is 2.05. The summed E-state index contributed by atoms with van der Waals surface area (Å²) in [4.78, 5) is 28.0. The number of rotatable bonds is 12. The highest BCUT2D eigenvalue weighted by Crippen LogP contribution is 2.38. The summed E-state index contributed by atoms with van der Waals surface area (Å²) >= 11 is 5.79. The van der Waals surface area contributed by atoms with Crippen molar-refractivity contribution in [2.45, 2.75) is 56.8 Å². The van der Waals surface area contributed by atoms with E-state index >= 15 is 0 Å². The predicted octanol–water partition coefficient (Wildman–Crippen LogP) is 5.93. The molecule has 0 aliphatic carbocycles. The first kappa shape index (κ1) is 32.9. The van der Waals surface area contributed by atoms with Crippen molar-refractivity contribution in [1.82, 2.24) is 10.2 Å². The van der Waals surface area contributed by atoms with Crippen LogP contribution in [0.3, 0.4) is 0 Å². The van der Waals surface area contributed by atoms with Gasteiger partial charge in [0.05, 0.1) is 21.2 Å². The molecule has 0 saturated carbocycles. The van der Waals surface area contributed by atoms with E-state index in [1.165, 1.54) is 36.1 Å². The maximum absolute atomic E-state index is 13.9. The largest absolute Gasteiger partial charge is 0.417 e. The van der Waals surface area contributed by atoms with E-state index in [-0.39, 0.29) is 17.5 Å². The molecule has 42 heavy (non-hydrogen) atoms. The second-order valence-electron chi connectivity index (χ2n) is 9.80. The molecular weight excluding hydrogens is 591 g/mol. The Hall–Kier alpha value is -3.57. The zero-order chi connectivity index (χ0) is 31.1. The number of nitrogens with one attached hydrogen (secondary N) is 1. The van der Waals surface area contributed by atoms with Crippen LogP contribution in [0.15, 0.2) is 83.8 Å². The van der Waals surface area contributed by atoms with Crippen molar-refractivity contribution < 1.29 is 31.2 Å². The Morgan fingerprint density at radius 1 is 0.952 bits per heavy atom. The molecule has 226 valence electrons. The fourth-order valence-corrected chi connectivity index (χ4v) is 5.82. The fraction of sp³-hybridized carbons (Fsp3) is 0.333. The van der Waals surface area contributed by atoms with Gasteiger partial charge in [0, 0.05) is 12.6 Å². The molecule has 1 N–H and O–H groups in total. The summed E-state index contributed by atoms with van der Waals surface area (Å²) in [6.45, 7) is 4.44. The normalized spacial score (nSPS) is 13.2. The minimum atomic E-state index is -4.87. The van der Waals surface area contributed by atoms with Gasteiger partial charge in [0.2, 0.25) is 11.8 Å². The van der Waals surface area contributed by atoms with Crippen LogP contribution in [0.4, 0.5) is 18.9 Å². The molecule has 0 aliphatic rings. The first-order chi connectivity index (χ1) is 19.8. The summed E-state index contributed by atoms with van der Waals surface area (Å²) in [5.74, 6) is -1.20. The van der Waals surface area contributed by atoms with Crippen LogP contribution < -0.4 is 9.62 Å². The highest BCUT2D eigenvalue weighted by Gasteiger charge is 2.37. The van der Waals surface area contributed by atoms with E-state index in [2.05, 4.69) is 5.32 Å². The molecule has 12 heteroatoms. The average molecular weight is 624 g/mol. The van der Waals surface area contributed by atoms with Crippen LogP contribution >= 0.6 is 11.6 Å². The van der Waals surface area contributed by atoms with Crippen LogP contribution in [0.5, 0.6) is 0 Å². The van der Waals surface area contributed by atoms with E-state index in [4.69, 9.17) is 11.6 Å². The van der Waals surface area contributed by atoms with Crippen molar-refractivity contribution in [1.29, 1.82) is 0 Å². The van der Waals surface area contributed by atoms with E-state index < -0.39 is 56.9 Å². The van der Waals surface area contributed by atoms with Crippen LogP contribution in [0, 0.1) is 0 Å². The lowest BCUT2D eigenvalue weighted by Crippen LogP contribution is -2.53. The molecule has 3 aromatic rings. The third-order valence-electron chi connectivity index (χ3n) is 6.81. The quantitative estimate of drug-likeness (QED) is 0.271. The molecule has 0 heterocycles. The molecule has 0 radical (unpaired) electrons. The second-order valence-corrected chi connectivity index (χ2v) is 12.1. The fourth-order valence-electron chi connectivity index (χ4n) is 4.17. The van der Waals surface area contributed by atoms with E-state index in [0.717, 1.165) is 17.7 Å². The Kier molecular flexibility index (Phi) is 11.0. The summed E-state index contributed by atoms with van der Waals surface area (Å²) in [5.41, 5.74) is -0.764. The lowest BCUT2D eigenvalue weighted by atomic mass is 10.1. The summed E-state index contributed by atoms with van der Waals surface area (Å²) in [7, 11) is -4.52. The number of anilines is 1. The molecule has 2 amide bonds. The topological polar surface area (TPSA) is 86.8 Å². The Morgan fingerprint density at radius 2 is 1.55 bits per heavy atom. The smallest absolute Gasteiger partial charge is 0.352 e. The zero-order valence-electron chi connectivity index (χ0n) is 23.4. The summed E-state index contributed by atoms with van der Waals surface area (Å²) in [6.07, 6.45) is -3.86. The van der Waals surface area contributed by atoms with Crippen molar-refractivity contribution >= 4 is 39.1 Å². The minimum absolute atomic E-state index is 0.0611. The minimum Gasteiger partial charge on any atom is -0.352 e. The van der Waals surface area contributed by atoms with Crippen LogP contribution in [-0.4, -0.2) is 50.3 Å². The number of sulfonamides is 1. The standard InChI is InChI=1S/C30H33ClF3N3O4S/c1-4-21(2)35-29(39)22(3)36(18-17-23-11-7-5-8-12-23)28(38)20-37(42(40,41)25-13-9-6-10-14-25)24-15-16-27(31)26(19-24)30(32,33)34/h5-16,19,21-22H,4,17-18,20H2,1-3H3,(H,35,39)/t21-,22-/m0/s1. The number of alkyl halides is 3. The maximum Gasteiger partial charge on any atom is 0.417 e. The SMILES string of the molecule is CC[C@H](C)NC(=O)[C@H](C)N(CCc1ccccc1)C(=O)CN(c1ccc(Cl)c(C(F)(F)F)c1)S(=O)(=O)c1ccccc1. The van der Waals surface area contributed by atoms with Gasteiger partial charge in [-0.3, -0.25) is 13.9 Å². The first-order valence-electron chi connectivity index (χ1n) is 13.3. The monoisotopic (exact) mass is 623 g/mol. The van der Waals surface area contributed by atoms with Crippen LogP contribution in [0.2, 0.25) is 5.02 Å². The lowest BCUT2D eigenvalue weighted by Gasteiger charge is -2.32. The number of halogens is 4. The van der Waals surface area contributed by atoms with Gasteiger partial charge in [-0.15, -0.1) is 0 Å². The molecule has 0 aliphatic heterocycles.